The van der Waals surface area contributed by atoms with Gasteiger partial charge in [0.15, 0.2) is 10.8 Å². The van der Waals surface area contributed by atoms with E-state index in [1.165, 1.54) is 12.1 Å². The molecule has 0 amide bonds. The maximum absolute atomic E-state index is 12.5. The first-order valence-electron chi connectivity index (χ1n) is 6.35. The molecule has 0 fully saturated rings. The van der Waals surface area contributed by atoms with Gasteiger partial charge in [-0.1, -0.05) is 18.2 Å². The summed E-state index contributed by atoms with van der Waals surface area (Å²) in [6, 6.07) is 10.7. The van der Waals surface area contributed by atoms with Gasteiger partial charge in [-0.05, 0) is 41.8 Å². The molecular weight excluding hydrogens is 299 g/mol. The van der Waals surface area contributed by atoms with Crippen LogP contribution in [0.1, 0.15) is 16.7 Å². The number of rotatable bonds is 2. The maximum Gasteiger partial charge on any atom is 0.416 e. The van der Waals surface area contributed by atoms with Crippen LogP contribution in [-0.2, 0) is 23.8 Å². The van der Waals surface area contributed by atoms with Crippen LogP contribution in [-0.4, -0.2) is 10.4 Å². The van der Waals surface area contributed by atoms with Crippen LogP contribution < -0.4 is 5.32 Å². The largest absolute Gasteiger partial charge is 0.610 e. The van der Waals surface area contributed by atoms with Gasteiger partial charge in [-0.25, -0.2) is 0 Å². The summed E-state index contributed by atoms with van der Waals surface area (Å²) in [6.45, 7) is 0. The molecule has 3 rings (SSSR count). The fourth-order valence-electron chi connectivity index (χ4n) is 2.28. The summed E-state index contributed by atoms with van der Waals surface area (Å²) in [5.74, 6) is 0.416. The molecule has 21 heavy (non-hydrogen) atoms. The van der Waals surface area contributed by atoms with E-state index >= 15 is 0 Å². The number of benzene rings is 2. The second kappa shape index (κ2) is 5.27. The van der Waals surface area contributed by atoms with Gasteiger partial charge in [0.1, 0.15) is 0 Å². The van der Waals surface area contributed by atoms with Gasteiger partial charge < -0.3 is 9.87 Å². The molecule has 2 aromatic rings. The Morgan fingerprint density at radius 2 is 1.71 bits per heavy atom. The molecule has 0 radical (unpaired) electrons. The molecule has 2 aromatic carbocycles. The van der Waals surface area contributed by atoms with E-state index in [1.807, 2.05) is 18.2 Å². The highest BCUT2D eigenvalue weighted by molar-refractivity contribution is 7.92. The lowest BCUT2D eigenvalue weighted by molar-refractivity contribution is -0.137. The third-order valence-corrected chi connectivity index (χ3v) is 4.61. The zero-order valence-corrected chi connectivity index (χ0v) is 11.7. The standard InChI is InChI=1S/C15H12F3NOS/c16-15(17,18)12-4-1-10(2-5-12)7-11-3-6-13-14(8-11)21(20)9-19-13/h1-6,8,19H,7,9H2. The third kappa shape index (κ3) is 3.01. The molecule has 1 aliphatic rings. The molecule has 0 saturated carbocycles. The van der Waals surface area contributed by atoms with Crippen LogP contribution in [0.4, 0.5) is 18.9 Å². The number of nitrogens with one attached hydrogen (secondary N) is 1. The van der Waals surface area contributed by atoms with Crippen molar-refractivity contribution >= 4 is 16.9 Å². The molecule has 1 N–H and O–H groups in total. The Morgan fingerprint density at radius 1 is 1.05 bits per heavy atom. The second-order valence-corrected chi connectivity index (χ2v) is 6.29. The van der Waals surface area contributed by atoms with Gasteiger partial charge in [-0.15, -0.1) is 0 Å². The highest BCUT2D eigenvalue weighted by Gasteiger charge is 2.30. The maximum atomic E-state index is 12.5. The fourth-order valence-corrected chi connectivity index (χ4v) is 3.39. The summed E-state index contributed by atoms with van der Waals surface area (Å²) in [5.41, 5.74) is 1.94. The average Bonchev–Trinajstić information content (AvgIpc) is 2.80. The first kappa shape index (κ1) is 14.3. The van der Waals surface area contributed by atoms with Crippen molar-refractivity contribution in [2.45, 2.75) is 17.5 Å². The monoisotopic (exact) mass is 311 g/mol. The quantitative estimate of drug-likeness (QED) is 0.857. The Morgan fingerprint density at radius 3 is 2.38 bits per heavy atom. The predicted octanol–water partition coefficient (Wildman–Crippen LogP) is 3.79. The molecule has 2 nitrogen and oxygen atoms in total. The van der Waals surface area contributed by atoms with E-state index in [9.17, 15) is 17.7 Å². The molecule has 0 aromatic heterocycles. The molecule has 0 aliphatic carbocycles. The van der Waals surface area contributed by atoms with Crippen molar-refractivity contribution in [2.24, 2.45) is 0 Å². The molecule has 1 heterocycles. The van der Waals surface area contributed by atoms with Crippen LogP contribution in [0.2, 0.25) is 0 Å². The normalized spacial score (nSPS) is 17.4. The predicted molar refractivity (Wildman–Crippen MR) is 75.6 cm³/mol. The SMILES string of the molecule is [O-][S+]1CNc2ccc(Cc3ccc(C(F)(F)F)cc3)cc21. The van der Waals surface area contributed by atoms with Crippen molar-refractivity contribution in [2.75, 3.05) is 11.2 Å². The molecule has 110 valence electrons. The molecule has 0 saturated heterocycles. The fraction of sp³-hybridized carbons (Fsp3) is 0.200. The van der Waals surface area contributed by atoms with Gasteiger partial charge >= 0.3 is 6.18 Å². The van der Waals surface area contributed by atoms with Crippen LogP contribution in [0.15, 0.2) is 47.4 Å². The van der Waals surface area contributed by atoms with Crippen molar-refractivity contribution in [3.05, 3.63) is 59.2 Å². The zero-order valence-electron chi connectivity index (χ0n) is 10.9. The molecule has 0 bridgehead atoms. The van der Waals surface area contributed by atoms with Gasteiger partial charge in [-0.3, -0.25) is 0 Å². The van der Waals surface area contributed by atoms with Gasteiger partial charge in [0.25, 0.3) is 0 Å². The van der Waals surface area contributed by atoms with Crippen LogP contribution in [0.25, 0.3) is 0 Å². The van der Waals surface area contributed by atoms with Crippen molar-refractivity contribution in [3.63, 3.8) is 0 Å². The summed E-state index contributed by atoms with van der Waals surface area (Å²) in [6.07, 6.45) is -3.79. The Balaban J connectivity index is 1.80. The number of hydrogen-bond acceptors (Lipinski definition) is 2. The van der Waals surface area contributed by atoms with Crippen molar-refractivity contribution in [3.8, 4) is 0 Å². The Bertz CT molecular complexity index is 655. The zero-order chi connectivity index (χ0) is 15.0. The van der Waals surface area contributed by atoms with Crippen LogP contribution in [0.5, 0.6) is 0 Å². The van der Waals surface area contributed by atoms with Gasteiger partial charge in [-0.2, -0.15) is 13.2 Å². The lowest BCUT2D eigenvalue weighted by Crippen LogP contribution is -2.04. The van der Waals surface area contributed by atoms with Crippen LogP contribution >= 0.6 is 0 Å². The lowest BCUT2D eigenvalue weighted by Gasteiger charge is -2.08. The molecule has 0 spiro atoms. The van der Waals surface area contributed by atoms with Crippen molar-refractivity contribution in [1.29, 1.82) is 0 Å². The highest BCUT2D eigenvalue weighted by atomic mass is 32.2. The summed E-state index contributed by atoms with van der Waals surface area (Å²) in [4.78, 5) is 0.763. The van der Waals surface area contributed by atoms with E-state index in [2.05, 4.69) is 5.32 Å². The first-order chi connectivity index (χ1) is 9.93. The third-order valence-electron chi connectivity index (χ3n) is 3.37. The smallest absolute Gasteiger partial charge is 0.416 e. The topological polar surface area (TPSA) is 35.1 Å². The van der Waals surface area contributed by atoms with Crippen molar-refractivity contribution < 1.29 is 17.7 Å². The van der Waals surface area contributed by atoms with E-state index in [0.717, 1.165) is 33.8 Å². The minimum Gasteiger partial charge on any atom is -0.610 e. The Hall–Kier alpha value is -1.66. The Kier molecular flexibility index (Phi) is 3.59. The number of anilines is 1. The van der Waals surface area contributed by atoms with E-state index in [4.69, 9.17) is 0 Å². The summed E-state index contributed by atoms with van der Waals surface area (Å²) >= 11 is -1.04. The molecule has 1 aliphatic heterocycles. The van der Waals surface area contributed by atoms with Crippen LogP contribution in [0.3, 0.4) is 0 Å². The second-order valence-electron chi connectivity index (χ2n) is 4.87. The molecule has 1 unspecified atom stereocenters. The highest BCUT2D eigenvalue weighted by Crippen LogP contribution is 2.31. The Labute approximate surface area is 123 Å². The minimum absolute atomic E-state index is 0.416. The molecule has 1 atom stereocenters. The molecular formula is C15H12F3NOS. The van der Waals surface area contributed by atoms with E-state index in [1.54, 1.807) is 0 Å². The lowest BCUT2D eigenvalue weighted by atomic mass is 10.0. The summed E-state index contributed by atoms with van der Waals surface area (Å²) in [7, 11) is 0. The number of halogens is 3. The number of alkyl halides is 3. The number of fused-ring (bicyclic) bond motifs is 1. The van der Waals surface area contributed by atoms with Gasteiger partial charge in [0, 0.05) is 11.2 Å². The first-order valence-corrected chi connectivity index (χ1v) is 7.67. The van der Waals surface area contributed by atoms with Crippen LogP contribution in [0, 0.1) is 0 Å². The minimum atomic E-state index is -4.31. The van der Waals surface area contributed by atoms with E-state index in [0.29, 0.717) is 12.3 Å². The summed E-state index contributed by atoms with van der Waals surface area (Å²) < 4.78 is 49.2. The van der Waals surface area contributed by atoms with Crippen molar-refractivity contribution in [1.82, 2.24) is 0 Å². The average molecular weight is 311 g/mol. The van der Waals surface area contributed by atoms with Gasteiger partial charge in [0.2, 0.25) is 0 Å². The van der Waals surface area contributed by atoms with E-state index < -0.39 is 22.9 Å². The number of hydrogen-bond donors (Lipinski definition) is 1. The van der Waals surface area contributed by atoms with E-state index in [-0.39, 0.29) is 0 Å². The summed E-state index contributed by atoms with van der Waals surface area (Å²) in [5, 5.41) is 3.04. The molecule has 6 heteroatoms. The van der Waals surface area contributed by atoms with Gasteiger partial charge in [0.05, 0.1) is 11.3 Å².